The average molecular weight is 356 g/mol. The molecule has 1 unspecified atom stereocenters. The van der Waals surface area contributed by atoms with Gasteiger partial charge in [-0.15, -0.1) is 0 Å². The zero-order chi connectivity index (χ0) is 17.6. The second-order valence-corrected chi connectivity index (χ2v) is 5.97. The largest absolute Gasteiger partial charge is 0.481 e. The number of hydrogen-bond acceptors (Lipinski definition) is 3. The Kier molecular flexibility index (Phi) is 5.36. The second kappa shape index (κ2) is 7.85. The summed E-state index contributed by atoms with van der Waals surface area (Å²) in [5.41, 5.74) is 1.97. The molecule has 0 aliphatic carbocycles. The van der Waals surface area contributed by atoms with Crippen LogP contribution in [0.15, 0.2) is 67.3 Å². The van der Waals surface area contributed by atoms with Crippen molar-refractivity contribution in [3.8, 4) is 11.4 Å². The van der Waals surface area contributed by atoms with Gasteiger partial charge in [0, 0.05) is 24.0 Å². The number of aromatic nitrogens is 2. The highest BCUT2D eigenvalue weighted by molar-refractivity contribution is 6.30. The molecule has 1 atom stereocenters. The van der Waals surface area contributed by atoms with E-state index in [0.717, 1.165) is 11.3 Å². The minimum absolute atomic E-state index is 0.194. The van der Waals surface area contributed by atoms with Crippen LogP contribution in [0.2, 0.25) is 5.02 Å². The van der Waals surface area contributed by atoms with Crippen molar-refractivity contribution in [1.29, 1.82) is 0 Å². The molecule has 1 aromatic heterocycles. The number of amides is 1. The van der Waals surface area contributed by atoms with Crippen molar-refractivity contribution in [2.75, 3.05) is 0 Å². The molecule has 25 heavy (non-hydrogen) atoms. The van der Waals surface area contributed by atoms with E-state index in [1.807, 2.05) is 35.0 Å². The van der Waals surface area contributed by atoms with Crippen molar-refractivity contribution in [2.45, 2.75) is 19.6 Å². The van der Waals surface area contributed by atoms with Crippen LogP contribution in [0, 0.1) is 0 Å². The SMILES string of the molecule is CC(Oc1cccc(Cl)c1)C(=O)NCc1ccccc1-n1ccnc1. The number of carbonyl (C=O) groups excluding carboxylic acids is 1. The van der Waals surface area contributed by atoms with Gasteiger partial charge in [0.25, 0.3) is 5.91 Å². The number of halogens is 1. The van der Waals surface area contributed by atoms with Crippen LogP contribution in [0.25, 0.3) is 5.69 Å². The lowest BCUT2D eigenvalue weighted by Gasteiger charge is -2.16. The van der Waals surface area contributed by atoms with Crippen LogP contribution >= 0.6 is 11.6 Å². The number of rotatable bonds is 6. The lowest BCUT2D eigenvalue weighted by Crippen LogP contribution is -2.36. The molecular formula is C19H18ClN3O2. The van der Waals surface area contributed by atoms with Crippen LogP contribution in [0.1, 0.15) is 12.5 Å². The van der Waals surface area contributed by atoms with E-state index in [4.69, 9.17) is 16.3 Å². The predicted molar refractivity (Wildman–Crippen MR) is 97.0 cm³/mol. The highest BCUT2D eigenvalue weighted by atomic mass is 35.5. The first-order valence-corrected chi connectivity index (χ1v) is 8.27. The third-order valence-electron chi connectivity index (χ3n) is 3.71. The molecule has 1 heterocycles. The molecule has 6 heteroatoms. The summed E-state index contributed by atoms with van der Waals surface area (Å²) in [5.74, 6) is 0.370. The number of para-hydroxylation sites is 1. The van der Waals surface area contributed by atoms with Gasteiger partial charge in [0.15, 0.2) is 6.10 Å². The summed E-state index contributed by atoms with van der Waals surface area (Å²) in [4.78, 5) is 16.4. The van der Waals surface area contributed by atoms with Crippen molar-refractivity contribution >= 4 is 17.5 Å². The van der Waals surface area contributed by atoms with E-state index < -0.39 is 6.10 Å². The molecule has 0 bridgehead atoms. The van der Waals surface area contributed by atoms with Gasteiger partial charge in [-0.1, -0.05) is 35.9 Å². The van der Waals surface area contributed by atoms with Gasteiger partial charge in [-0.25, -0.2) is 4.98 Å². The number of nitrogens with one attached hydrogen (secondary N) is 1. The standard InChI is InChI=1S/C19H18ClN3O2/c1-14(25-17-7-4-6-16(20)11-17)19(24)22-12-15-5-2-3-8-18(15)23-10-9-21-13-23/h2-11,13-14H,12H2,1H3,(H,22,24). The van der Waals surface area contributed by atoms with Gasteiger partial charge >= 0.3 is 0 Å². The highest BCUT2D eigenvalue weighted by Crippen LogP contribution is 2.18. The van der Waals surface area contributed by atoms with Gasteiger partial charge in [-0.3, -0.25) is 4.79 Å². The Morgan fingerprint density at radius 2 is 2.12 bits per heavy atom. The van der Waals surface area contributed by atoms with Crippen LogP contribution in [-0.2, 0) is 11.3 Å². The highest BCUT2D eigenvalue weighted by Gasteiger charge is 2.15. The Morgan fingerprint density at radius 1 is 1.28 bits per heavy atom. The normalized spacial score (nSPS) is 11.8. The Bertz CT molecular complexity index is 849. The van der Waals surface area contributed by atoms with Crippen LogP contribution in [-0.4, -0.2) is 21.6 Å². The predicted octanol–water partition coefficient (Wildman–Crippen LogP) is 3.61. The van der Waals surface area contributed by atoms with Crippen LogP contribution in [0.3, 0.4) is 0 Å². The first-order valence-electron chi connectivity index (χ1n) is 7.89. The molecule has 2 aromatic carbocycles. The molecule has 0 radical (unpaired) electrons. The molecule has 0 fully saturated rings. The quantitative estimate of drug-likeness (QED) is 0.735. The molecular weight excluding hydrogens is 338 g/mol. The Balaban J connectivity index is 1.63. The minimum Gasteiger partial charge on any atom is -0.481 e. The van der Waals surface area contributed by atoms with E-state index in [1.54, 1.807) is 43.7 Å². The molecule has 0 spiro atoms. The van der Waals surface area contributed by atoms with E-state index in [1.165, 1.54) is 0 Å². The van der Waals surface area contributed by atoms with Gasteiger partial charge < -0.3 is 14.6 Å². The number of hydrogen-bond donors (Lipinski definition) is 1. The lowest BCUT2D eigenvalue weighted by molar-refractivity contribution is -0.127. The van der Waals surface area contributed by atoms with E-state index in [0.29, 0.717) is 17.3 Å². The summed E-state index contributed by atoms with van der Waals surface area (Å²) >= 11 is 5.93. The molecule has 128 valence electrons. The smallest absolute Gasteiger partial charge is 0.261 e. The topological polar surface area (TPSA) is 56.1 Å². The number of imidazole rings is 1. The van der Waals surface area contributed by atoms with Crippen molar-refractivity contribution in [3.63, 3.8) is 0 Å². The fraction of sp³-hybridized carbons (Fsp3) is 0.158. The summed E-state index contributed by atoms with van der Waals surface area (Å²) in [6.07, 6.45) is 4.69. The first kappa shape index (κ1) is 17.0. The van der Waals surface area contributed by atoms with Gasteiger partial charge in [0.05, 0.1) is 12.0 Å². The van der Waals surface area contributed by atoms with Gasteiger partial charge in [0.1, 0.15) is 5.75 Å². The second-order valence-electron chi connectivity index (χ2n) is 5.53. The Morgan fingerprint density at radius 3 is 2.88 bits per heavy atom. The summed E-state index contributed by atoms with van der Waals surface area (Å²) < 4.78 is 7.55. The molecule has 0 aliphatic rings. The molecule has 0 aliphatic heterocycles. The minimum atomic E-state index is -0.626. The van der Waals surface area contributed by atoms with Crippen molar-refractivity contribution in [1.82, 2.24) is 14.9 Å². The zero-order valence-corrected chi connectivity index (χ0v) is 14.5. The van der Waals surface area contributed by atoms with Gasteiger partial charge in [-0.05, 0) is 36.8 Å². The van der Waals surface area contributed by atoms with Crippen LogP contribution < -0.4 is 10.1 Å². The van der Waals surface area contributed by atoms with Gasteiger partial charge in [0.2, 0.25) is 0 Å². The Labute approximate surface area is 151 Å². The zero-order valence-electron chi connectivity index (χ0n) is 13.7. The maximum Gasteiger partial charge on any atom is 0.261 e. The van der Waals surface area contributed by atoms with E-state index >= 15 is 0 Å². The first-order chi connectivity index (χ1) is 12.1. The number of carbonyl (C=O) groups is 1. The average Bonchev–Trinajstić information content (AvgIpc) is 3.14. The van der Waals surface area contributed by atoms with Crippen molar-refractivity contribution in [2.24, 2.45) is 0 Å². The molecule has 0 saturated carbocycles. The molecule has 1 N–H and O–H groups in total. The lowest BCUT2D eigenvalue weighted by atomic mass is 10.1. The van der Waals surface area contributed by atoms with Gasteiger partial charge in [-0.2, -0.15) is 0 Å². The van der Waals surface area contributed by atoms with Crippen LogP contribution in [0.4, 0.5) is 0 Å². The third kappa shape index (κ3) is 4.39. The van der Waals surface area contributed by atoms with Crippen molar-refractivity contribution < 1.29 is 9.53 Å². The molecule has 0 saturated heterocycles. The third-order valence-corrected chi connectivity index (χ3v) is 3.94. The summed E-state index contributed by atoms with van der Waals surface area (Å²) in [5, 5.41) is 3.47. The van der Waals surface area contributed by atoms with E-state index in [9.17, 15) is 4.79 Å². The van der Waals surface area contributed by atoms with Crippen molar-refractivity contribution in [3.05, 3.63) is 77.8 Å². The fourth-order valence-electron chi connectivity index (χ4n) is 2.44. The Hall–Kier alpha value is -2.79. The number of ether oxygens (including phenoxy) is 1. The maximum absolute atomic E-state index is 12.3. The summed E-state index contributed by atoms with van der Waals surface area (Å²) in [6.45, 7) is 2.11. The van der Waals surface area contributed by atoms with Crippen LogP contribution in [0.5, 0.6) is 5.75 Å². The molecule has 3 rings (SSSR count). The fourth-order valence-corrected chi connectivity index (χ4v) is 2.62. The molecule has 1 amide bonds. The number of benzene rings is 2. The molecule has 5 nitrogen and oxygen atoms in total. The summed E-state index contributed by atoms with van der Waals surface area (Å²) in [6, 6.07) is 14.8. The van der Waals surface area contributed by atoms with E-state index in [-0.39, 0.29) is 5.91 Å². The van der Waals surface area contributed by atoms with E-state index in [2.05, 4.69) is 10.3 Å². The summed E-state index contributed by atoms with van der Waals surface area (Å²) in [7, 11) is 0. The maximum atomic E-state index is 12.3. The molecule has 3 aromatic rings. The number of nitrogens with zero attached hydrogens (tertiary/aromatic N) is 2. The monoisotopic (exact) mass is 355 g/mol.